The molecule has 102 valence electrons. The van der Waals surface area contributed by atoms with E-state index in [0.717, 1.165) is 12.8 Å². The first-order valence-electron chi connectivity index (χ1n) is 6.78. The summed E-state index contributed by atoms with van der Waals surface area (Å²) in [5.74, 6) is -0.429. The molecule has 1 aliphatic rings. The van der Waals surface area contributed by atoms with Gasteiger partial charge in [-0.05, 0) is 43.0 Å². The Balaban J connectivity index is 1.85. The Morgan fingerprint density at radius 1 is 1.11 bits per heavy atom. The van der Waals surface area contributed by atoms with Crippen molar-refractivity contribution in [1.82, 2.24) is 0 Å². The molecule has 1 amide bonds. The molecule has 0 spiro atoms. The zero-order chi connectivity index (χ0) is 13.7. The van der Waals surface area contributed by atoms with Gasteiger partial charge in [0, 0.05) is 12.1 Å². The van der Waals surface area contributed by atoms with Crippen molar-refractivity contribution < 1.29 is 14.7 Å². The standard InChI is InChI=1S/C15H19NO3/c17-14(10-11-4-2-1-3-5-11)16-13-8-6-12(7-9-13)15(18)19/h6-9,11H,1-5,10H2,(H,16,17)(H,18,19). The molecule has 0 unspecified atom stereocenters. The summed E-state index contributed by atoms with van der Waals surface area (Å²) < 4.78 is 0. The van der Waals surface area contributed by atoms with Crippen molar-refractivity contribution in [1.29, 1.82) is 0 Å². The Kier molecular flexibility index (Phi) is 4.55. The zero-order valence-corrected chi connectivity index (χ0v) is 10.9. The number of rotatable bonds is 4. The molecule has 0 aromatic heterocycles. The van der Waals surface area contributed by atoms with E-state index in [2.05, 4.69) is 5.32 Å². The topological polar surface area (TPSA) is 66.4 Å². The predicted octanol–water partition coefficient (Wildman–Crippen LogP) is 3.29. The average molecular weight is 261 g/mol. The van der Waals surface area contributed by atoms with Crippen LogP contribution in [-0.2, 0) is 4.79 Å². The van der Waals surface area contributed by atoms with Crippen LogP contribution < -0.4 is 5.32 Å². The summed E-state index contributed by atoms with van der Waals surface area (Å²) in [6, 6.07) is 6.25. The molecule has 2 N–H and O–H groups in total. The number of carbonyl (C=O) groups excluding carboxylic acids is 1. The highest BCUT2D eigenvalue weighted by Crippen LogP contribution is 2.26. The summed E-state index contributed by atoms with van der Waals surface area (Å²) in [5, 5.41) is 11.6. The molecule has 1 aromatic carbocycles. The molecule has 0 atom stereocenters. The van der Waals surface area contributed by atoms with Crippen LogP contribution in [0.4, 0.5) is 5.69 Å². The number of hydrogen-bond acceptors (Lipinski definition) is 2. The van der Waals surface area contributed by atoms with Crippen molar-refractivity contribution >= 4 is 17.6 Å². The van der Waals surface area contributed by atoms with Gasteiger partial charge >= 0.3 is 5.97 Å². The largest absolute Gasteiger partial charge is 0.478 e. The van der Waals surface area contributed by atoms with Crippen LogP contribution in [0.25, 0.3) is 0 Å². The second-order valence-electron chi connectivity index (χ2n) is 5.14. The third-order valence-corrected chi connectivity index (χ3v) is 3.61. The van der Waals surface area contributed by atoms with Crippen LogP contribution in [0.5, 0.6) is 0 Å². The van der Waals surface area contributed by atoms with E-state index in [4.69, 9.17) is 5.11 Å². The second kappa shape index (κ2) is 6.36. The molecular formula is C15H19NO3. The van der Waals surface area contributed by atoms with Crippen molar-refractivity contribution in [3.8, 4) is 0 Å². The van der Waals surface area contributed by atoms with E-state index in [9.17, 15) is 9.59 Å². The highest BCUT2D eigenvalue weighted by atomic mass is 16.4. The number of carbonyl (C=O) groups is 2. The monoisotopic (exact) mass is 261 g/mol. The number of aromatic carboxylic acids is 1. The van der Waals surface area contributed by atoms with Gasteiger partial charge in [0.05, 0.1) is 5.56 Å². The van der Waals surface area contributed by atoms with Gasteiger partial charge in [-0.2, -0.15) is 0 Å². The summed E-state index contributed by atoms with van der Waals surface area (Å²) in [7, 11) is 0. The fourth-order valence-electron chi connectivity index (χ4n) is 2.56. The van der Waals surface area contributed by atoms with Crippen molar-refractivity contribution in [3.63, 3.8) is 0 Å². The Morgan fingerprint density at radius 2 is 1.74 bits per heavy atom. The molecular weight excluding hydrogens is 242 g/mol. The van der Waals surface area contributed by atoms with Crippen molar-refractivity contribution in [2.45, 2.75) is 38.5 Å². The van der Waals surface area contributed by atoms with Crippen LogP contribution in [0, 0.1) is 5.92 Å². The molecule has 1 aromatic rings. The highest BCUT2D eigenvalue weighted by molar-refractivity contribution is 5.92. The molecule has 19 heavy (non-hydrogen) atoms. The maximum atomic E-state index is 11.9. The third-order valence-electron chi connectivity index (χ3n) is 3.61. The minimum atomic E-state index is -0.958. The smallest absolute Gasteiger partial charge is 0.335 e. The molecule has 0 saturated heterocycles. The van der Waals surface area contributed by atoms with Gasteiger partial charge in [-0.25, -0.2) is 4.79 Å². The molecule has 4 nitrogen and oxygen atoms in total. The van der Waals surface area contributed by atoms with Crippen LogP contribution >= 0.6 is 0 Å². The highest BCUT2D eigenvalue weighted by Gasteiger charge is 2.17. The lowest BCUT2D eigenvalue weighted by Gasteiger charge is -2.20. The first-order valence-corrected chi connectivity index (χ1v) is 6.78. The van der Waals surface area contributed by atoms with Crippen LogP contribution in [-0.4, -0.2) is 17.0 Å². The van der Waals surface area contributed by atoms with Crippen LogP contribution in [0.2, 0.25) is 0 Å². The number of hydrogen-bond donors (Lipinski definition) is 2. The first-order chi connectivity index (χ1) is 9.15. The van der Waals surface area contributed by atoms with E-state index in [0.29, 0.717) is 18.0 Å². The number of carboxylic acid groups (broad SMARTS) is 1. The molecule has 0 heterocycles. The zero-order valence-electron chi connectivity index (χ0n) is 10.9. The molecule has 1 fully saturated rings. The van der Waals surface area contributed by atoms with E-state index >= 15 is 0 Å². The maximum Gasteiger partial charge on any atom is 0.335 e. The molecule has 4 heteroatoms. The number of anilines is 1. The summed E-state index contributed by atoms with van der Waals surface area (Å²) in [5.41, 5.74) is 0.885. The Labute approximate surface area is 112 Å². The number of carboxylic acids is 1. The number of benzene rings is 1. The normalized spacial score (nSPS) is 16.0. The van der Waals surface area contributed by atoms with E-state index in [1.807, 2.05) is 0 Å². The molecule has 0 bridgehead atoms. The molecule has 1 aliphatic carbocycles. The fourth-order valence-corrected chi connectivity index (χ4v) is 2.56. The summed E-state index contributed by atoms with van der Waals surface area (Å²) in [6.45, 7) is 0. The molecule has 0 radical (unpaired) electrons. The molecule has 0 aliphatic heterocycles. The van der Waals surface area contributed by atoms with E-state index in [1.165, 1.54) is 31.4 Å². The number of nitrogens with one attached hydrogen (secondary N) is 1. The van der Waals surface area contributed by atoms with E-state index < -0.39 is 5.97 Å². The lowest BCUT2D eigenvalue weighted by molar-refractivity contribution is -0.117. The summed E-state index contributed by atoms with van der Waals surface area (Å²) >= 11 is 0. The first kappa shape index (κ1) is 13.6. The van der Waals surface area contributed by atoms with Crippen LogP contribution in [0.1, 0.15) is 48.9 Å². The Morgan fingerprint density at radius 3 is 2.32 bits per heavy atom. The SMILES string of the molecule is O=C(CC1CCCCC1)Nc1ccc(C(=O)O)cc1. The van der Waals surface area contributed by atoms with Gasteiger partial charge in [0.15, 0.2) is 0 Å². The van der Waals surface area contributed by atoms with Gasteiger partial charge < -0.3 is 10.4 Å². The van der Waals surface area contributed by atoms with Crippen LogP contribution in [0.3, 0.4) is 0 Å². The summed E-state index contributed by atoms with van der Waals surface area (Å²) in [4.78, 5) is 22.6. The Bertz CT molecular complexity index is 447. The lowest BCUT2D eigenvalue weighted by atomic mass is 9.87. The van der Waals surface area contributed by atoms with Crippen molar-refractivity contribution in [2.75, 3.05) is 5.32 Å². The minimum absolute atomic E-state index is 0.0231. The third kappa shape index (κ3) is 4.09. The average Bonchev–Trinajstić information content (AvgIpc) is 2.40. The van der Waals surface area contributed by atoms with Crippen LogP contribution in [0.15, 0.2) is 24.3 Å². The van der Waals surface area contributed by atoms with E-state index in [1.54, 1.807) is 12.1 Å². The predicted molar refractivity (Wildman–Crippen MR) is 73.2 cm³/mol. The molecule has 2 rings (SSSR count). The summed E-state index contributed by atoms with van der Waals surface area (Å²) in [6.07, 6.45) is 6.60. The molecule has 1 saturated carbocycles. The van der Waals surface area contributed by atoms with Crippen molar-refractivity contribution in [3.05, 3.63) is 29.8 Å². The quantitative estimate of drug-likeness (QED) is 0.874. The fraction of sp³-hybridized carbons (Fsp3) is 0.467. The van der Waals surface area contributed by atoms with Gasteiger partial charge in [0.1, 0.15) is 0 Å². The lowest BCUT2D eigenvalue weighted by Crippen LogP contribution is -2.18. The minimum Gasteiger partial charge on any atom is -0.478 e. The van der Waals surface area contributed by atoms with E-state index in [-0.39, 0.29) is 11.5 Å². The number of amides is 1. The Hall–Kier alpha value is -1.84. The second-order valence-corrected chi connectivity index (χ2v) is 5.14. The van der Waals surface area contributed by atoms with Gasteiger partial charge in [-0.3, -0.25) is 4.79 Å². The van der Waals surface area contributed by atoms with Gasteiger partial charge in [-0.15, -0.1) is 0 Å². The maximum absolute atomic E-state index is 11.9. The van der Waals surface area contributed by atoms with Gasteiger partial charge in [0.25, 0.3) is 0 Å². The van der Waals surface area contributed by atoms with Gasteiger partial charge in [-0.1, -0.05) is 19.3 Å². The van der Waals surface area contributed by atoms with Gasteiger partial charge in [0.2, 0.25) is 5.91 Å². The van der Waals surface area contributed by atoms with Crippen molar-refractivity contribution in [2.24, 2.45) is 5.92 Å².